The summed E-state index contributed by atoms with van der Waals surface area (Å²) in [5.74, 6) is 0.692. The Hall–Kier alpha value is -3.52. The molecule has 0 aromatic heterocycles. The molecule has 3 aromatic rings. The number of benzene rings is 3. The van der Waals surface area contributed by atoms with Crippen LogP contribution >= 0.6 is 0 Å². The van der Waals surface area contributed by atoms with Gasteiger partial charge in [-0.1, -0.05) is 70.0 Å². The number of carbonyl (C=O) groups is 1. The number of nitrogens with zero attached hydrogens (tertiary/aromatic N) is 1. The van der Waals surface area contributed by atoms with Gasteiger partial charge < -0.3 is 14.8 Å². The first-order chi connectivity index (χ1) is 18.5. The van der Waals surface area contributed by atoms with Gasteiger partial charge in [0.25, 0.3) is 15.9 Å². The van der Waals surface area contributed by atoms with E-state index in [4.69, 9.17) is 9.47 Å². The largest absolute Gasteiger partial charge is 0.492 e. The first-order valence-corrected chi connectivity index (χ1v) is 14.8. The Labute approximate surface area is 232 Å². The molecule has 1 aliphatic rings. The van der Waals surface area contributed by atoms with E-state index in [1.807, 2.05) is 43.3 Å². The van der Waals surface area contributed by atoms with Crippen molar-refractivity contribution in [3.63, 3.8) is 0 Å². The number of carbonyl (C=O) groups excluding carboxylic acids is 1. The quantitative estimate of drug-likeness (QED) is 0.361. The zero-order chi connectivity index (χ0) is 28.2. The molecule has 1 atom stereocenters. The molecule has 1 amide bonds. The van der Waals surface area contributed by atoms with Gasteiger partial charge in [-0.25, -0.2) is 8.42 Å². The lowest BCUT2D eigenvalue weighted by Crippen LogP contribution is -2.51. The Balaban J connectivity index is 1.50. The van der Waals surface area contributed by atoms with Crippen molar-refractivity contribution in [1.82, 2.24) is 5.32 Å². The molecular formula is C31H38N2O5S. The van der Waals surface area contributed by atoms with Gasteiger partial charge in [0.15, 0.2) is 6.10 Å². The molecule has 8 heteroatoms. The Bertz CT molecular complexity index is 1390. The number of ether oxygens (including phenoxy) is 2. The summed E-state index contributed by atoms with van der Waals surface area (Å²) in [6.45, 7) is 10.6. The minimum atomic E-state index is -3.94. The van der Waals surface area contributed by atoms with Crippen LogP contribution in [0.3, 0.4) is 0 Å². The molecule has 0 spiro atoms. The van der Waals surface area contributed by atoms with Gasteiger partial charge in [0, 0.05) is 0 Å². The molecule has 0 saturated heterocycles. The maximum atomic E-state index is 13.8. The Morgan fingerprint density at radius 3 is 2.38 bits per heavy atom. The van der Waals surface area contributed by atoms with Gasteiger partial charge in [0.05, 0.1) is 23.7 Å². The van der Waals surface area contributed by atoms with Crippen LogP contribution in [0, 0.1) is 6.92 Å². The van der Waals surface area contributed by atoms with E-state index in [-0.39, 0.29) is 30.0 Å². The zero-order valence-corrected chi connectivity index (χ0v) is 24.2. The molecule has 208 valence electrons. The number of fused-ring (bicyclic) bond motifs is 1. The van der Waals surface area contributed by atoms with Crippen LogP contribution in [0.25, 0.3) is 0 Å². The standard InChI is InChI=1S/C31H38N2O5S/c1-6-7-23-10-13-25(14-11-23)37-19-18-32-30(34)29-21-33(39(35,36)26-15-8-22(2)9-16-26)27-20-24(31(3,4)5)12-17-28(27)38-29/h8-17,20,29H,6-7,18-19,21H2,1-5H3,(H,32,34)/t29-/m0/s1. The number of sulfonamides is 1. The molecule has 1 heterocycles. The second-order valence-corrected chi connectivity index (χ2v) is 12.8. The minimum absolute atomic E-state index is 0.137. The molecule has 0 fully saturated rings. The van der Waals surface area contributed by atoms with E-state index in [1.165, 1.54) is 9.87 Å². The normalized spacial score (nSPS) is 15.3. The smallest absolute Gasteiger partial charge is 0.264 e. The van der Waals surface area contributed by atoms with Crippen LogP contribution in [0.4, 0.5) is 5.69 Å². The summed E-state index contributed by atoms with van der Waals surface area (Å²) in [6, 6.07) is 20.1. The number of anilines is 1. The van der Waals surface area contributed by atoms with Crippen LogP contribution in [0.15, 0.2) is 71.6 Å². The summed E-state index contributed by atoms with van der Waals surface area (Å²) in [5, 5.41) is 2.83. The number of nitrogens with one attached hydrogen (secondary N) is 1. The minimum Gasteiger partial charge on any atom is -0.492 e. The molecule has 1 N–H and O–H groups in total. The maximum Gasteiger partial charge on any atom is 0.264 e. The SMILES string of the molecule is CCCc1ccc(OCCNC(=O)[C@@H]2CN(S(=O)(=O)c3ccc(C)cc3)c3cc(C(C)(C)C)ccc3O2)cc1. The molecular weight excluding hydrogens is 512 g/mol. The Morgan fingerprint density at radius 2 is 1.74 bits per heavy atom. The van der Waals surface area contributed by atoms with Crippen LogP contribution in [0.5, 0.6) is 11.5 Å². The lowest BCUT2D eigenvalue weighted by atomic mass is 9.86. The summed E-state index contributed by atoms with van der Waals surface area (Å²) in [6.07, 6.45) is 1.10. The highest BCUT2D eigenvalue weighted by molar-refractivity contribution is 7.92. The predicted octanol–water partition coefficient (Wildman–Crippen LogP) is 5.40. The van der Waals surface area contributed by atoms with Gasteiger partial charge in [-0.05, 0) is 66.3 Å². The highest BCUT2D eigenvalue weighted by atomic mass is 32.2. The molecule has 7 nitrogen and oxygen atoms in total. The molecule has 0 aliphatic carbocycles. The molecule has 3 aromatic carbocycles. The van der Waals surface area contributed by atoms with Crippen molar-refractivity contribution >= 4 is 21.6 Å². The highest BCUT2D eigenvalue weighted by Crippen LogP contribution is 2.40. The van der Waals surface area contributed by atoms with Crippen LogP contribution in [0.1, 0.15) is 50.8 Å². The Morgan fingerprint density at radius 1 is 1.05 bits per heavy atom. The molecule has 0 bridgehead atoms. The fourth-order valence-corrected chi connectivity index (χ4v) is 5.89. The summed E-state index contributed by atoms with van der Waals surface area (Å²) in [7, 11) is -3.94. The maximum absolute atomic E-state index is 13.8. The van der Waals surface area contributed by atoms with E-state index in [0.717, 1.165) is 29.7 Å². The van der Waals surface area contributed by atoms with Crippen LogP contribution < -0.4 is 19.1 Å². The van der Waals surface area contributed by atoms with Crippen molar-refractivity contribution in [3.05, 3.63) is 83.4 Å². The van der Waals surface area contributed by atoms with Gasteiger partial charge >= 0.3 is 0 Å². The van der Waals surface area contributed by atoms with Gasteiger partial charge in [0.1, 0.15) is 18.1 Å². The van der Waals surface area contributed by atoms with E-state index >= 15 is 0 Å². The predicted molar refractivity (Wildman–Crippen MR) is 154 cm³/mol. The van der Waals surface area contributed by atoms with Crippen LogP contribution in [-0.4, -0.2) is 40.1 Å². The summed E-state index contributed by atoms with van der Waals surface area (Å²) in [4.78, 5) is 13.3. The number of hydrogen-bond acceptors (Lipinski definition) is 5. The van der Waals surface area contributed by atoms with E-state index < -0.39 is 22.0 Å². The third-order valence-corrected chi connectivity index (χ3v) is 8.52. The fraction of sp³-hybridized carbons (Fsp3) is 0.387. The van der Waals surface area contributed by atoms with Crippen molar-refractivity contribution in [2.75, 3.05) is 24.0 Å². The monoisotopic (exact) mass is 550 g/mol. The topological polar surface area (TPSA) is 84.9 Å². The average Bonchev–Trinajstić information content (AvgIpc) is 2.90. The third kappa shape index (κ3) is 6.74. The number of hydrogen-bond donors (Lipinski definition) is 1. The zero-order valence-electron chi connectivity index (χ0n) is 23.4. The van der Waals surface area contributed by atoms with Crippen molar-refractivity contribution in [2.24, 2.45) is 0 Å². The molecule has 39 heavy (non-hydrogen) atoms. The molecule has 0 radical (unpaired) electrons. The van der Waals surface area contributed by atoms with Crippen molar-refractivity contribution in [2.45, 2.75) is 63.9 Å². The molecule has 4 rings (SSSR count). The van der Waals surface area contributed by atoms with Gasteiger partial charge in [-0.2, -0.15) is 0 Å². The summed E-state index contributed by atoms with van der Waals surface area (Å²) < 4.78 is 40.7. The number of rotatable bonds is 9. The number of aryl methyl sites for hydroxylation is 2. The number of amides is 1. The molecule has 0 unspecified atom stereocenters. The van der Waals surface area contributed by atoms with Crippen LogP contribution in [-0.2, 0) is 26.7 Å². The van der Waals surface area contributed by atoms with Crippen molar-refractivity contribution in [3.8, 4) is 11.5 Å². The first-order valence-electron chi connectivity index (χ1n) is 13.4. The van der Waals surface area contributed by atoms with Gasteiger partial charge in [-0.3, -0.25) is 9.10 Å². The summed E-state index contributed by atoms with van der Waals surface area (Å²) in [5.41, 5.74) is 3.42. The first kappa shape index (κ1) is 28.5. The lowest BCUT2D eigenvalue weighted by Gasteiger charge is -2.36. The van der Waals surface area contributed by atoms with E-state index in [2.05, 4.69) is 33.0 Å². The third-order valence-electron chi connectivity index (χ3n) is 6.73. The van der Waals surface area contributed by atoms with E-state index in [0.29, 0.717) is 11.4 Å². The molecule has 1 aliphatic heterocycles. The van der Waals surface area contributed by atoms with Crippen molar-refractivity contribution < 1.29 is 22.7 Å². The van der Waals surface area contributed by atoms with Gasteiger partial charge in [-0.15, -0.1) is 0 Å². The second kappa shape index (κ2) is 11.7. The fourth-order valence-electron chi connectivity index (χ4n) is 4.42. The van der Waals surface area contributed by atoms with E-state index in [9.17, 15) is 13.2 Å². The average molecular weight is 551 g/mol. The lowest BCUT2D eigenvalue weighted by molar-refractivity contribution is -0.127. The molecule has 0 saturated carbocycles. The van der Waals surface area contributed by atoms with Crippen molar-refractivity contribution in [1.29, 1.82) is 0 Å². The Kier molecular flexibility index (Phi) is 8.54. The summed E-state index contributed by atoms with van der Waals surface area (Å²) >= 11 is 0. The van der Waals surface area contributed by atoms with Crippen LogP contribution in [0.2, 0.25) is 0 Å². The second-order valence-electron chi connectivity index (χ2n) is 10.9. The van der Waals surface area contributed by atoms with Gasteiger partial charge in [0.2, 0.25) is 0 Å². The highest BCUT2D eigenvalue weighted by Gasteiger charge is 2.38. The van der Waals surface area contributed by atoms with E-state index in [1.54, 1.807) is 30.3 Å².